The third-order valence-electron chi connectivity index (χ3n) is 7.45. The van der Waals surface area contributed by atoms with Gasteiger partial charge in [-0.25, -0.2) is 0 Å². The van der Waals surface area contributed by atoms with E-state index >= 15 is 0 Å². The van der Waals surface area contributed by atoms with Gasteiger partial charge in [0.05, 0.1) is 0 Å². The smallest absolute Gasteiger partial charge is 0.00485 e. The zero-order valence-electron chi connectivity index (χ0n) is 22.3. The Hall–Kier alpha value is -2.38. The average Bonchev–Trinajstić information content (AvgIpc) is 2.88. The van der Waals surface area contributed by atoms with Crippen molar-refractivity contribution < 1.29 is 0 Å². The van der Waals surface area contributed by atoms with E-state index in [0.717, 1.165) is 44.6 Å². The van der Waals surface area contributed by atoms with Gasteiger partial charge in [0, 0.05) is 0 Å². The summed E-state index contributed by atoms with van der Waals surface area (Å²) in [4.78, 5) is 0. The van der Waals surface area contributed by atoms with Crippen LogP contribution in [0.4, 0.5) is 0 Å². The first-order valence-corrected chi connectivity index (χ1v) is 14.0. The van der Waals surface area contributed by atoms with Crippen molar-refractivity contribution in [3.63, 3.8) is 0 Å². The van der Waals surface area contributed by atoms with Crippen LogP contribution in [0.3, 0.4) is 0 Å². The van der Waals surface area contributed by atoms with E-state index in [0.29, 0.717) is 5.92 Å². The molecule has 1 saturated carbocycles. The number of benzene rings is 2. The summed E-state index contributed by atoms with van der Waals surface area (Å²) in [5, 5.41) is 0. The lowest BCUT2D eigenvalue weighted by atomic mass is 9.84. The minimum Gasteiger partial charge on any atom is -0.330 e. The predicted octanol–water partition coefficient (Wildman–Crippen LogP) is 8.88. The SMILES string of the molecule is C=C(Cc1cccc(C(/C=C\CC(C)CN)=C/CCc2cccc(CC)c2)c1)CC1CCCCC1. The molecular formula is C34H47N. The first-order valence-electron chi connectivity index (χ1n) is 14.0. The molecular weight excluding hydrogens is 422 g/mol. The number of nitrogens with two attached hydrogens (primary N) is 1. The molecule has 1 atom stereocenters. The molecule has 1 nitrogen and oxygen atoms in total. The Balaban J connectivity index is 1.70. The second-order valence-electron chi connectivity index (χ2n) is 10.7. The average molecular weight is 470 g/mol. The van der Waals surface area contributed by atoms with Crippen LogP contribution in [-0.4, -0.2) is 6.54 Å². The molecule has 0 aromatic heterocycles. The number of allylic oxidation sites excluding steroid dienone is 5. The van der Waals surface area contributed by atoms with Crippen molar-refractivity contribution in [3.8, 4) is 0 Å². The maximum Gasteiger partial charge on any atom is -0.00485 e. The Bertz CT molecular complexity index is 974. The largest absolute Gasteiger partial charge is 0.330 e. The zero-order valence-corrected chi connectivity index (χ0v) is 22.3. The van der Waals surface area contributed by atoms with Crippen molar-refractivity contribution in [3.05, 3.63) is 101 Å². The molecule has 0 radical (unpaired) electrons. The van der Waals surface area contributed by atoms with Crippen molar-refractivity contribution >= 4 is 5.57 Å². The monoisotopic (exact) mass is 469 g/mol. The highest BCUT2D eigenvalue weighted by atomic mass is 14.5. The molecule has 0 bridgehead atoms. The molecule has 1 heteroatoms. The van der Waals surface area contributed by atoms with Gasteiger partial charge in [-0.1, -0.05) is 125 Å². The van der Waals surface area contributed by atoms with E-state index in [1.54, 1.807) is 0 Å². The zero-order chi connectivity index (χ0) is 24.9. The summed E-state index contributed by atoms with van der Waals surface area (Å²) in [5.41, 5.74) is 14.1. The summed E-state index contributed by atoms with van der Waals surface area (Å²) in [6.07, 6.45) is 20.4. The van der Waals surface area contributed by atoms with Gasteiger partial charge in [-0.2, -0.15) is 0 Å². The van der Waals surface area contributed by atoms with Crippen LogP contribution in [0.5, 0.6) is 0 Å². The molecule has 2 aromatic carbocycles. The highest BCUT2D eigenvalue weighted by molar-refractivity contribution is 5.74. The third-order valence-corrected chi connectivity index (χ3v) is 7.45. The summed E-state index contributed by atoms with van der Waals surface area (Å²) in [6.45, 7) is 9.62. The molecule has 1 aliphatic carbocycles. The molecule has 3 rings (SSSR count). The lowest BCUT2D eigenvalue weighted by molar-refractivity contribution is 0.355. The van der Waals surface area contributed by atoms with Gasteiger partial charge >= 0.3 is 0 Å². The lowest BCUT2D eigenvalue weighted by Gasteiger charge is -2.22. The third kappa shape index (κ3) is 9.65. The van der Waals surface area contributed by atoms with E-state index < -0.39 is 0 Å². The van der Waals surface area contributed by atoms with E-state index in [1.165, 1.54) is 71.9 Å². The molecule has 2 N–H and O–H groups in total. The summed E-state index contributed by atoms with van der Waals surface area (Å²) < 4.78 is 0. The molecule has 35 heavy (non-hydrogen) atoms. The summed E-state index contributed by atoms with van der Waals surface area (Å²) in [6, 6.07) is 18.1. The molecule has 1 aliphatic rings. The molecule has 2 aromatic rings. The van der Waals surface area contributed by atoms with Crippen LogP contribution in [0.15, 0.2) is 78.9 Å². The molecule has 0 aliphatic heterocycles. The van der Waals surface area contributed by atoms with Crippen LogP contribution in [-0.2, 0) is 19.3 Å². The van der Waals surface area contributed by atoms with Crippen LogP contribution in [0.2, 0.25) is 0 Å². The van der Waals surface area contributed by atoms with E-state index in [-0.39, 0.29) is 0 Å². The molecule has 0 saturated heterocycles. The van der Waals surface area contributed by atoms with Crippen LogP contribution < -0.4 is 5.73 Å². The second-order valence-corrected chi connectivity index (χ2v) is 10.7. The van der Waals surface area contributed by atoms with Crippen molar-refractivity contribution in [1.82, 2.24) is 0 Å². The van der Waals surface area contributed by atoms with E-state index in [4.69, 9.17) is 5.73 Å². The highest BCUT2D eigenvalue weighted by Gasteiger charge is 2.14. The van der Waals surface area contributed by atoms with Gasteiger partial charge < -0.3 is 5.73 Å². The van der Waals surface area contributed by atoms with E-state index in [1.807, 2.05) is 0 Å². The van der Waals surface area contributed by atoms with Crippen LogP contribution in [0.1, 0.15) is 87.5 Å². The lowest BCUT2D eigenvalue weighted by Crippen LogP contribution is -2.09. The Morgan fingerprint density at radius 1 is 1.03 bits per heavy atom. The van der Waals surface area contributed by atoms with Crippen molar-refractivity contribution in [2.24, 2.45) is 17.6 Å². The van der Waals surface area contributed by atoms with Crippen molar-refractivity contribution in [1.29, 1.82) is 0 Å². The Kier molecular flexibility index (Phi) is 11.6. The summed E-state index contributed by atoms with van der Waals surface area (Å²) >= 11 is 0. The minimum absolute atomic E-state index is 0.513. The Morgan fingerprint density at radius 3 is 2.54 bits per heavy atom. The summed E-state index contributed by atoms with van der Waals surface area (Å²) in [5.74, 6) is 1.37. The Morgan fingerprint density at radius 2 is 1.77 bits per heavy atom. The maximum atomic E-state index is 5.84. The van der Waals surface area contributed by atoms with Crippen LogP contribution in [0, 0.1) is 11.8 Å². The fraction of sp³-hybridized carbons (Fsp3) is 0.471. The molecule has 0 heterocycles. The summed E-state index contributed by atoms with van der Waals surface area (Å²) in [7, 11) is 0. The van der Waals surface area contributed by atoms with Crippen LogP contribution in [0.25, 0.3) is 5.57 Å². The first-order chi connectivity index (χ1) is 17.1. The van der Waals surface area contributed by atoms with E-state index in [2.05, 4.69) is 87.2 Å². The van der Waals surface area contributed by atoms with E-state index in [9.17, 15) is 0 Å². The van der Waals surface area contributed by atoms with Gasteiger partial charge in [-0.05, 0) is 84.7 Å². The maximum absolute atomic E-state index is 5.84. The van der Waals surface area contributed by atoms with Gasteiger partial charge in [-0.15, -0.1) is 0 Å². The number of hydrogen-bond donors (Lipinski definition) is 1. The fourth-order valence-corrected chi connectivity index (χ4v) is 5.23. The fourth-order valence-electron chi connectivity index (χ4n) is 5.23. The topological polar surface area (TPSA) is 26.0 Å². The number of rotatable bonds is 13. The van der Waals surface area contributed by atoms with Crippen molar-refractivity contribution in [2.75, 3.05) is 6.54 Å². The molecule has 1 fully saturated rings. The quantitative estimate of drug-likeness (QED) is 0.230. The van der Waals surface area contributed by atoms with Gasteiger partial charge in [0.25, 0.3) is 0 Å². The van der Waals surface area contributed by atoms with Gasteiger partial charge in [0.15, 0.2) is 0 Å². The van der Waals surface area contributed by atoms with Crippen molar-refractivity contribution in [2.45, 2.75) is 84.5 Å². The predicted molar refractivity (Wildman–Crippen MR) is 155 cm³/mol. The molecule has 1 unspecified atom stereocenters. The molecule has 0 spiro atoms. The molecule has 188 valence electrons. The number of hydrogen-bond acceptors (Lipinski definition) is 1. The van der Waals surface area contributed by atoms with Gasteiger partial charge in [-0.3, -0.25) is 0 Å². The Labute approximate surface area is 215 Å². The highest BCUT2D eigenvalue weighted by Crippen LogP contribution is 2.30. The van der Waals surface area contributed by atoms with Gasteiger partial charge in [0.2, 0.25) is 0 Å². The second kappa shape index (κ2) is 14.9. The minimum atomic E-state index is 0.513. The van der Waals surface area contributed by atoms with Gasteiger partial charge in [0.1, 0.15) is 0 Å². The standard InChI is InChI=1S/C34H47N/c1-4-29-15-9-16-31(24-29)17-10-20-33(19-8-12-27(2)26-35)34-21-11-18-32(25-34)23-28(3)22-30-13-6-5-7-14-30/h8-9,11,15-16,18-21,24-25,27,30H,3-7,10,12-14,17,22-23,26,35H2,1-2H3/b19-8-,33-20+. The normalized spacial score (nSPS) is 16.0. The molecule has 0 amide bonds. The van der Waals surface area contributed by atoms with Crippen LogP contribution >= 0.6 is 0 Å². The number of aryl methyl sites for hydroxylation is 2. The first kappa shape index (κ1) is 27.2.